The SMILES string of the molecule is CCCS(=O)(=O)CC(O)CNC(C)C. The van der Waals surface area contributed by atoms with Crippen LogP contribution in [-0.4, -0.2) is 43.7 Å². The maximum atomic E-state index is 11.3. The van der Waals surface area contributed by atoms with Crippen molar-refractivity contribution in [3.05, 3.63) is 0 Å². The number of sulfone groups is 1. The lowest BCUT2D eigenvalue weighted by atomic mass is 10.3. The van der Waals surface area contributed by atoms with Crippen LogP contribution in [0.4, 0.5) is 0 Å². The highest BCUT2D eigenvalue weighted by molar-refractivity contribution is 7.91. The van der Waals surface area contributed by atoms with Crippen molar-refractivity contribution in [2.75, 3.05) is 18.1 Å². The molecular weight excluding hydrogens is 202 g/mol. The van der Waals surface area contributed by atoms with Gasteiger partial charge in [0, 0.05) is 12.6 Å². The summed E-state index contributed by atoms with van der Waals surface area (Å²) in [5.41, 5.74) is 0. The van der Waals surface area contributed by atoms with Crippen molar-refractivity contribution in [2.24, 2.45) is 0 Å². The molecule has 0 saturated heterocycles. The maximum Gasteiger partial charge on any atom is 0.152 e. The Balaban J connectivity index is 3.87. The third-order valence-electron chi connectivity index (χ3n) is 1.72. The Morgan fingerprint density at radius 3 is 2.36 bits per heavy atom. The summed E-state index contributed by atoms with van der Waals surface area (Å²) in [6, 6.07) is 0.263. The molecule has 0 spiro atoms. The predicted molar refractivity (Wildman–Crippen MR) is 58.1 cm³/mol. The molecule has 0 aliphatic rings. The molecule has 0 aromatic rings. The van der Waals surface area contributed by atoms with Gasteiger partial charge in [-0.2, -0.15) is 0 Å². The lowest BCUT2D eigenvalue weighted by Crippen LogP contribution is -2.36. The molecule has 4 nitrogen and oxygen atoms in total. The summed E-state index contributed by atoms with van der Waals surface area (Å²) in [6.45, 7) is 6.05. The standard InChI is InChI=1S/C9H21NO3S/c1-4-5-14(12,13)7-9(11)6-10-8(2)3/h8-11H,4-7H2,1-3H3. The molecule has 0 bridgehead atoms. The Bertz CT molecular complexity index is 236. The first-order chi connectivity index (χ1) is 6.37. The zero-order valence-electron chi connectivity index (χ0n) is 9.16. The predicted octanol–water partition coefficient (Wildman–Crippen LogP) is 0.170. The minimum atomic E-state index is -3.07. The summed E-state index contributed by atoms with van der Waals surface area (Å²) in [6.07, 6.45) is -0.193. The first-order valence-electron chi connectivity index (χ1n) is 4.99. The van der Waals surface area contributed by atoms with Crippen LogP contribution in [0.5, 0.6) is 0 Å². The number of aliphatic hydroxyl groups excluding tert-OH is 1. The van der Waals surface area contributed by atoms with E-state index in [2.05, 4.69) is 5.32 Å². The van der Waals surface area contributed by atoms with Crippen LogP contribution < -0.4 is 5.32 Å². The van der Waals surface area contributed by atoms with E-state index in [0.717, 1.165) is 0 Å². The van der Waals surface area contributed by atoms with E-state index in [1.165, 1.54) is 0 Å². The van der Waals surface area contributed by atoms with Gasteiger partial charge in [-0.15, -0.1) is 0 Å². The molecule has 0 amide bonds. The average Bonchev–Trinajstić information content (AvgIpc) is 1.99. The Labute approximate surface area is 86.6 Å². The second-order valence-electron chi connectivity index (χ2n) is 3.83. The lowest BCUT2D eigenvalue weighted by molar-refractivity contribution is 0.190. The van der Waals surface area contributed by atoms with E-state index >= 15 is 0 Å². The Kier molecular flexibility index (Phi) is 6.31. The van der Waals surface area contributed by atoms with Crippen LogP contribution in [0.1, 0.15) is 27.2 Å². The lowest BCUT2D eigenvalue weighted by Gasteiger charge is -2.13. The first kappa shape index (κ1) is 13.9. The summed E-state index contributed by atoms with van der Waals surface area (Å²) in [5.74, 6) is 0.0201. The minimum Gasteiger partial charge on any atom is -0.391 e. The molecule has 1 unspecified atom stereocenters. The van der Waals surface area contributed by atoms with E-state index in [0.29, 0.717) is 13.0 Å². The molecule has 2 N–H and O–H groups in total. The molecule has 14 heavy (non-hydrogen) atoms. The average molecular weight is 223 g/mol. The van der Waals surface area contributed by atoms with Crippen LogP contribution in [0.25, 0.3) is 0 Å². The van der Waals surface area contributed by atoms with Crippen LogP contribution in [0.3, 0.4) is 0 Å². The van der Waals surface area contributed by atoms with E-state index < -0.39 is 15.9 Å². The van der Waals surface area contributed by atoms with Crippen molar-refractivity contribution in [1.29, 1.82) is 0 Å². The summed E-state index contributed by atoms with van der Waals surface area (Å²) in [4.78, 5) is 0. The Morgan fingerprint density at radius 2 is 1.93 bits per heavy atom. The second kappa shape index (κ2) is 6.37. The molecule has 0 radical (unpaired) electrons. The largest absolute Gasteiger partial charge is 0.391 e. The number of hydrogen-bond donors (Lipinski definition) is 2. The number of nitrogens with one attached hydrogen (secondary N) is 1. The van der Waals surface area contributed by atoms with Crippen molar-refractivity contribution >= 4 is 9.84 Å². The highest BCUT2D eigenvalue weighted by atomic mass is 32.2. The highest BCUT2D eigenvalue weighted by Gasteiger charge is 2.16. The molecule has 0 fully saturated rings. The normalized spacial score (nSPS) is 14.6. The Hall–Kier alpha value is -0.130. The van der Waals surface area contributed by atoms with E-state index in [-0.39, 0.29) is 17.5 Å². The zero-order valence-corrected chi connectivity index (χ0v) is 9.97. The number of aliphatic hydroxyl groups is 1. The van der Waals surface area contributed by atoms with Gasteiger partial charge in [0.15, 0.2) is 9.84 Å². The third-order valence-corrected chi connectivity index (χ3v) is 3.65. The summed E-state index contributed by atoms with van der Waals surface area (Å²) < 4.78 is 22.6. The van der Waals surface area contributed by atoms with Crippen LogP contribution >= 0.6 is 0 Å². The molecule has 5 heteroatoms. The van der Waals surface area contributed by atoms with Crippen LogP contribution in [0.2, 0.25) is 0 Å². The quantitative estimate of drug-likeness (QED) is 0.646. The molecule has 0 heterocycles. The van der Waals surface area contributed by atoms with Gasteiger partial charge in [0.2, 0.25) is 0 Å². The molecule has 0 rings (SSSR count). The van der Waals surface area contributed by atoms with E-state index in [1.54, 1.807) is 0 Å². The number of hydrogen-bond acceptors (Lipinski definition) is 4. The van der Waals surface area contributed by atoms with Crippen molar-refractivity contribution < 1.29 is 13.5 Å². The van der Waals surface area contributed by atoms with Crippen molar-refractivity contribution in [2.45, 2.75) is 39.3 Å². The molecule has 0 aliphatic heterocycles. The van der Waals surface area contributed by atoms with Gasteiger partial charge in [-0.3, -0.25) is 0 Å². The molecule has 86 valence electrons. The van der Waals surface area contributed by atoms with Gasteiger partial charge in [-0.05, 0) is 6.42 Å². The van der Waals surface area contributed by atoms with Crippen molar-refractivity contribution in [3.8, 4) is 0 Å². The Morgan fingerprint density at radius 1 is 1.36 bits per heavy atom. The van der Waals surface area contributed by atoms with E-state index in [9.17, 15) is 13.5 Å². The summed E-state index contributed by atoms with van der Waals surface area (Å²) in [7, 11) is -3.07. The molecule has 1 atom stereocenters. The van der Waals surface area contributed by atoms with Gasteiger partial charge in [-0.25, -0.2) is 8.42 Å². The van der Waals surface area contributed by atoms with E-state index in [4.69, 9.17) is 0 Å². The second-order valence-corrected chi connectivity index (χ2v) is 6.06. The summed E-state index contributed by atoms with van der Waals surface area (Å²) in [5, 5.41) is 12.4. The van der Waals surface area contributed by atoms with Gasteiger partial charge < -0.3 is 10.4 Å². The van der Waals surface area contributed by atoms with Crippen LogP contribution in [0, 0.1) is 0 Å². The smallest absolute Gasteiger partial charge is 0.152 e. The van der Waals surface area contributed by atoms with Crippen molar-refractivity contribution in [3.63, 3.8) is 0 Å². The highest BCUT2D eigenvalue weighted by Crippen LogP contribution is 1.97. The van der Waals surface area contributed by atoms with Gasteiger partial charge in [0.25, 0.3) is 0 Å². The maximum absolute atomic E-state index is 11.3. The number of rotatable bonds is 7. The van der Waals surface area contributed by atoms with Gasteiger partial charge in [0.05, 0.1) is 17.6 Å². The fraction of sp³-hybridized carbons (Fsp3) is 1.00. The van der Waals surface area contributed by atoms with Gasteiger partial charge in [0.1, 0.15) is 0 Å². The molecular formula is C9H21NO3S. The molecule has 0 aliphatic carbocycles. The third kappa shape index (κ3) is 7.29. The van der Waals surface area contributed by atoms with Gasteiger partial charge in [-0.1, -0.05) is 20.8 Å². The monoisotopic (exact) mass is 223 g/mol. The van der Waals surface area contributed by atoms with E-state index in [1.807, 2.05) is 20.8 Å². The zero-order chi connectivity index (χ0) is 11.2. The van der Waals surface area contributed by atoms with Crippen LogP contribution in [0.15, 0.2) is 0 Å². The fourth-order valence-electron chi connectivity index (χ4n) is 1.12. The fourth-order valence-corrected chi connectivity index (χ4v) is 2.61. The molecule has 0 aromatic carbocycles. The van der Waals surface area contributed by atoms with Crippen LogP contribution in [-0.2, 0) is 9.84 Å². The van der Waals surface area contributed by atoms with Gasteiger partial charge >= 0.3 is 0 Å². The minimum absolute atomic E-state index is 0.138. The molecule has 0 aromatic heterocycles. The topological polar surface area (TPSA) is 66.4 Å². The first-order valence-corrected chi connectivity index (χ1v) is 6.81. The molecule has 0 saturated carbocycles. The summed E-state index contributed by atoms with van der Waals surface area (Å²) >= 11 is 0. The van der Waals surface area contributed by atoms with Crippen molar-refractivity contribution in [1.82, 2.24) is 5.32 Å².